The van der Waals surface area contributed by atoms with Gasteiger partial charge in [0, 0.05) is 6.07 Å². The van der Waals surface area contributed by atoms with E-state index in [-0.39, 0.29) is 29.2 Å². The van der Waals surface area contributed by atoms with E-state index in [4.69, 9.17) is 26.8 Å². The molecule has 0 spiro atoms. The molecule has 0 heterocycles. The van der Waals surface area contributed by atoms with Crippen LogP contribution in [0.3, 0.4) is 0 Å². The average molecular weight is 276 g/mol. The van der Waals surface area contributed by atoms with Crippen LogP contribution in [0.4, 0.5) is 10.1 Å². The molecule has 18 heavy (non-hydrogen) atoms. The molecule has 0 bridgehead atoms. The minimum atomic E-state index is -0.630. The Morgan fingerprint density at radius 2 is 2.22 bits per heavy atom. The summed E-state index contributed by atoms with van der Waals surface area (Å²) in [5.74, 6) is -0.991. The Hall–Kier alpha value is -1.49. The molecule has 4 nitrogen and oxygen atoms in total. The lowest BCUT2D eigenvalue weighted by Gasteiger charge is -2.12. The summed E-state index contributed by atoms with van der Waals surface area (Å²) in [6, 6.07) is 2.26. The first-order valence-electron chi connectivity index (χ1n) is 5.50. The van der Waals surface area contributed by atoms with Crippen LogP contribution in [-0.4, -0.2) is 18.7 Å². The summed E-state index contributed by atoms with van der Waals surface area (Å²) in [5.41, 5.74) is 5.28. The Kier molecular flexibility index (Phi) is 5.22. The summed E-state index contributed by atoms with van der Waals surface area (Å²) in [4.78, 5) is 11.4. The summed E-state index contributed by atoms with van der Waals surface area (Å²) in [6.07, 6.45) is 0.547. The summed E-state index contributed by atoms with van der Waals surface area (Å²) in [7, 11) is 0. The van der Waals surface area contributed by atoms with Crippen molar-refractivity contribution in [3.63, 3.8) is 0 Å². The maximum atomic E-state index is 13.0. The monoisotopic (exact) mass is 275 g/mol. The Bertz CT molecular complexity index is 440. The molecule has 0 amide bonds. The molecule has 0 aromatic heterocycles. The van der Waals surface area contributed by atoms with Crippen molar-refractivity contribution in [1.82, 2.24) is 0 Å². The molecule has 0 aliphatic rings. The van der Waals surface area contributed by atoms with Crippen LogP contribution in [-0.2, 0) is 9.53 Å². The van der Waals surface area contributed by atoms with Crippen LogP contribution in [0.5, 0.6) is 5.75 Å². The van der Waals surface area contributed by atoms with Crippen molar-refractivity contribution in [2.24, 2.45) is 0 Å². The second-order valence-corrected chi connectivity index (χ2v) is 4.21. The smallest absolute Gasteiger partial charge is 0.344 e. The zero-order valence-corrected chi connectivity index (χ0v) is 11.0. The number of rotatable bonds is 5. The molecule has 0 saturated carbocycles. The van der Waals surface area contributed by atoms with Crippen molar-refractivity contribution in [1.29, 1.82) is 0 Å². The number of hydrogen-bond donors (Lipinski definition) is 1. The topological polar surface area (TPSA) is 61.5 Å². The van der Waals surface area contributed by atoms with Gasteiger partial charge >= 0.3 is 5.97 Å². The fraction of sp³-hybridized carbons (Fsp3) is 0.417. The van der Waals surface area contributed by atoms with E-state index in [2.05, 4.69) is 0 Å². The maximum absolute atomic E-state index is 13.0. The number of esters is 1. The zero-order chi connectivity index (χ0) is 13.7. The molecule has 1 atom stereocenters. The van der Waals surface area contributed by atoms with Crippen molar-refractivity contribution in [2.75, 3.05) is 12.3 Å². The van der Waals surface area contributed by atoms with Crippen LogP contribution < -0.4 is 10.5 Å². The van der Waals surface area contributed by atoms with Crippen molar-refractivity contribution in [2.45, 2.75) is 26.4 Å². The molecule has 1 unspecified atom stereocenters. The molecule has 0 aliphatic heterocycles. The number of carbonyl (C=O) groups excluding carboxylic acids is 1. The summed E-state index contributed by atoms with van der Waals surface area (Å²) >= 11 is 5.75. The number of nitrogen functional groups attached to an aromatic ring is 1. The zero-order valence-electron chi connectivity index (χ0n) is 10.2. The maximum Gasteiger partial charge on any atom is 0.344 e. The number of anilines is 1. The predicted molar refractivity (Wildman–Crippen MR) is 67.2 cm³/mol. The fourth-order valence-corrected chi connectivity index (χ4v) is 1.34. The van der Waals surface area contributed by atoms with Crippen molar-refractivity contribution in [3.05, 3.63) is 23.0 Å². The van der Waals surface area contributed by atoms with Gasteiger partial charge in [0.15, 0.2) is 6.61 Å². The molecular weight excluding hydrogens is 261 g/mol. The normalized spacial score (nSPS) is 12.0. The Morgan fingerprint density at radius 1 is 1.56 bits per heavy atom. The summed E-state index contributed by atoms with van der Waals surface area (Å²) < 4.78 is 23.1. The van der Waals surface area contributed by atoms with Crippen molar-refractivity contribution >= 4 is 23.3 Å². The summed E-state index contributed by atoms with van der Waals surface area (Å²) in [5, 5.41) is 0.0537. The number of benzene rings is 1. The largest absolute Gasteiger partial charge is 0.480 e. The highest BCUT2D eigenvalue weighted by Gasteiger charge is 2.12. The Balaban J connectivity index is 2.58. The van der Waals surface area contributed by atoms with Crippen molar-refractivity contribution < 1.29 is 18.7 Å². The van der Waals surface area contributed by atoms with Gasteiger partial charge in [-0.1, -0.05) is 18.5 Å². The third kappa shape index (κ3) is 4.07. The first-order chi connectivity index (χ1) is 8.43. The van der Waals surface area contributed by atoms with E-state index < -0.39 is 11.8 Å². The quantitative estimate of drug-likeness (QED) is 0.663. The summed E-state index contributed by atoms with van der Waals surface area (Å²) in [6.45, 7) is 3.38. The number of nitrogens with two attached hydrogens (primary N) is 1. The van der Waals surface area contributed by atoms with E-state index in [1.54, 1.807) is 6.92 Å². The van der Waals surface area contributed by atoms with Gasteiger partial charge in [0.05, 0.1) is 16.8 Å². The Labute approximate surface area is 110 Å². The number of ether oxygens (including phenoxy) is 2. The molecule has 2 N–H and O–H groups in total. The predicted octanol–water partition coefficient (Wildman–Crippen LogP) is 2.78. The van der Waals surface area contributed by atoms with Crippen LogP contribution in [0.2, 0.25) is 5.02 Å². The lowest BCUT2D eigenvalue weighted by atomic mass is 10.3. The standard InChI is InChI=1S/C12H15ClFNO3/c1-3-7(2)18-12(16)6-17-11-5-10(15)9(14)4-8(11)13/h4-5,7H,3,6,15H2,1-2H3. The van der Waals surface area contributed by atoms with E-state index in [1.165, 1.54) is 6.07 Å². The van der Waals surface area contributed by atoms with Gasteiger partial charge in [-0.25, -0.2) is 9.18 Å². The molecule has 6 heteroatoms. The minimum Gasteiger partial charge on any atom is -0.480 e. The highest BCUT2D eigenvalue weighted by atomic mass is 35.5. The molecule has 1 aromatic rings. The SMILES string of the molecule is CCC(C)OC(=O)COc1cc(N)c(F)cc1Cl. The first-order valence-corrected chi connectivity index (χ1v) is 5.88. The lowest BCUT2D eigenvalue weighted by Crippen LogP contribution is -2.20. The highest BCUT2D eigenvalue weighted by Crippen LogP contribution is 2.28. The van der Waals surface area contributed by atoms with Gasteiger partial charge in [0.1, 0.15) is 11.6 Å². The van der Waals surface area contributed by atoms with Gasteiger partial charge in [-0.2, -0.15) is 0 Å². The molecule has 0 saturated heterocycles. The van der Waals surface area contributed by atoms with Gasteiger partial charge in [-0.3, -0.25) is 0 Å². The van der Waals surface area contributed by atoms with Crippen LogP contribution in [0.15, 0.2) is 12.1 Å². The van der Waals surface area contributed by atoms with E-state index >= 15 is 0 Å². The second kappa shape index (κ2) is 6.44. The third-order valence-corrected chi connectivity index (χ3v) is 2.60. The van der Waals surface area contributed by atoms with Crippen LogP contribution in [0.1, 0.15) is 20.3 Å². The van der Waals surface area contributed by atoms with E-state index in [9.17, 15) is 9.18 Å². The molecule has 0 radical (unpaired) electrons. The second-order valence-electron chi connectivity index (χ2n) is 3.80. The van der Waals surface area contributed by atoms with Crippen LogP contribution >= 0.6 is 11.6 Å². The van der Waals surface area contributed by atoms with Crippen molar-refractivity contribution in [3.8, 4) is 5.75 Å². The van der Waals surface area contributed by atoms with E-state index in [0.29, 0.717) is 0 Å². The number of halogens is 2. The fourth-order valence-electron chi connectivity index (χ4n) is 1.13. The van der Waals surface area contributed by atoms with Gasteiger partial charge in [0.25, 0.3) is 0 Å². The average Bonchev–Trinajstić information content (AvgIpc) is 2.32. The third-order valence-electron chi connectivity index (χ3n) is 2.30. The molecule has 100 valence electrons. The molecule has 1 aromatic carbocycles. The Morgan fingerprint density at radius 3 is 2.83 bits per heavy atom. The van der Waals surface area contributed by atoms with Crippen LogP contribution in [0.25, 0.3) is 0 Å². The number of hydrogen-bond acceptors (Lipinski definition) is 4. The highest BCUT2D eigenvalue weighted by molar-refractivity contribution is 6.32. The van der Waals surface area contributed by atoms with Gasteiger partial charge in [0.2, 0.25) is 0 Å². The van der Waals surface area contributed by atoms with Crippen LogP contribution in [0, 0.1) is 5.82 Å². The van der Waals surface area contributed by atoms with E-state index in [0.717, 1.165) is 12.5 Å². The van der Waals surface area contributed by atoms with E-state index in [1.807, 2.05) is 6.92 Å². The molecule has 0 aliphatic carbocycles. The first kappa shape index (κ1) is 14.6. The molecule has 1 rings (SSSR count). The number of carbonyl (C=O) groups is 1. The lowest BCUT2D eigenvalue weighted by molar-refractivity contribution is -0.150. The molecule has 0 fully saturated rings. The van der Waals surface area contributed by atoms with Gasteiger partial charge in [-0.05, 0) is 19.4 Å². The van der Waals surface area contributed by atoms with Gasteiger partial charge in [-0.15, -0.1) is 0 Å². The van der Waals surface area contributed by atoms with Gasteiger partial charge < -0.3 is 15.2 Å². The molecular formula is C12H15ClFNO3. The minimum absolute atomic E-state index is 0.0537.